The summed E-state index contributed by atoms with van der Waals surface area (Å²) in [6.07, 6.45) is -0.895. The Morgan fingerprint density at radius 2 is 1.33 bits per heavy atom. The van der Waals surface area contributed by atoms with E-state index in [-0.39, 0.29) is 19.8 Å². The lowest BCUT2D eigenvalue weighted by atomic mass is 9.89. The van der Waals surface area contributed by atoms with E-state index in [9.17, 15) is 9.90 Å². The molecule has 5 atom stereocenters. The van der Waals surface area contributed by atoms with Gasteiger partial charge in [-0.1, -0.05) is 115 Å². The smallest absolute Gasteiger partial charge is 0.335 e. The molecule has 8 nitrogen and oxygen atoms in total. The highest BCUT2D eigenvalue weighted by atomic mass is 35.5. The van der Waals surface area contributed by atoms with Crippen LogP contribution in [0.5, 0.6) is 0 Å². The number of hydrogen-bond acceptors (Lipinski definition) is 8. The number of nitrogens with zero attached hydrogens (tertiary/aromatic N) is 1. The molecule has 260 valence electrons. The lowest BCUT2D eigenvalue weighted by molar-refractivity contribution is -0.266. The van der Waals surface area contributed by atoms with Crippen molar-refractivity contribution in [3.05, 3.63) is 172 Å². The molecule has 0 radical (unpaired) electrons. The number of carboxylic acids is 1. The Bertz CT molecular complexity index is 1990. The number of ether oxygens (including phenoxy) is 4. The molecule has 7 rings (SSSR count). The molecule has 2 aromatic heterocycles. The van der Waals surface area contributed by atoms with E-state index in [1.807, 2.05) is 115 Å². The van der Waals surface area contributed by atoms with Gasteiger partial charge in [-0.25, -0.2) is 9.78 Å². The molecular formula is C41H36ClNO7S. The van der Waals surface area contributed by atoms with Gasteiger partial charge in [0.05, 0.1) is 36.0 Å². The first-order valence-electron chi connectivity index (χ1n) is 16.6. The maximum atomic E-state index is 13.0. The minimum absolute atomic E-state index is 0.165. The fourth-order valence-electron chi connectivity index (χ4n) is 6.16. The van der Waals surface area contributed by atoms with Crippen molar-refractivity contribution in [1.82, 2.24) is 4.98 Å². The lowest BCUT2D eigenvalue weighted by Crippen LogP contribution is -2.59. The number of carbonyl (C=O) groups is 1. The van der Waals surface area contributed by atoms with Crippen LogP contribution < -0.4 is 0 Å². The van der Waals surface area contributed by atoms with Crippen LogP contribution in [0.4, 0.5) is 0 Å². The Balaban J connectivity index is 1.24. The molecule has 3 heterocycles. The second kappa shape index (κ2) is 16.6. The maximum Gasteiger partial charge on any atom is 0.335 e. The zero-order chi connectivity index (χ0) is 35.0. The molecule has 0 saturated carbocycles. The summed E-state index contributed by atoms with van der Waals surface area (Å²) in [5.74, 6) is -0.409. The SMILES string of the molecule is O=C(O)C1O[C@@H](c2ccc(Cl)c(Cc3ncc(-c4ccco4)s3)c2)C(OCc2ccccc2)C(OCc2ccccc2)C1OCc1ccccc1. The number of benzene rings is 4. The Labute approximate surface area is 305 Å². The average Bonchev–Trinajstić information content (AvgIpc) is 3.87. The molecule has 1 saturated heterocycles. The summed E-state index contributed by atoms with van der Waals surface area (Å²) in [6.45, 7) is 0.627. The van der Waals surface area contributed by atoms with Gasteiger partial charge in [-0.15, -0.1) is 11.3 Å². The molecule has 0 spiro atoms. The Hall–Kier alpha value is -4.61. The molecule has 1 aliphatic heterocycles. The third-order valence-corrected chi connectivity index (χ3v) is 10.1. The van der Waals surface area contributed by atoms with Crippen molar-refractivity contribution < 1.29 is 33.3 Å². The number of aromatic nitrogens is 1. The van der Waals surface area contributed by atoms with Crippen molar-refractivity contribution >= 4 is 28.9 Å². The lowest BCUT2D eigenvalue weighted by Gasteiger charge is -2.45. The van der Waals surface area contributed by atoms with Crippen LogP contribution in [0.1, 0.15) is 38.9 Å². The second-order valence-corrected chi connectivity index (χ2v) is 13.7. The van der Waals surface area contributed by atoms with E-state index >= 15 is 0 Å². The van der Waals surface area contributed by atoms with Crippen molar-refractivity contribution in [2.24, 2.45) is 0 Å². The van der Waals surface area contributed by atoms with Crippen molar-refractivity contribution in [1.29, 1.82) is 0 Å². The third-order valence-electron chi connectivity index (χ3n) is 8.69. The Morgan fingerprint density at radius 1 is 0.745 bits per heavy atom. The highest BCUT2D eigenvalue weighted by molar-refractivity contribution is 7.15. The molecular weight excluding hydrogens is 686 g/mol. The first-order valence-corrected chi connectivity index (χ1v) is 17.8. The van der Waals surface area contributed by atoms with Gasteiger partial charge in [0.25, 0.3) is 0 Å². The van der Waals surface area contributed by atoms with Gasteiger partial charge in [-0.3, -0.25) is 0 Å². The van der Waals surface area contributed by atoms with Crippen LogP contribution in [0.25, 0.3) is 10.6 Å². The number of carboxylic acid groups (broad SMARTS) is 1. The van der Waals surface area contributed by atoms with E-state index in [1.165, 1.54) is 11.3 Å². The van der Waals surface area contributed by atoms with E-state index in [2.05, 4.69) is 4.98 Å². The van der Waals surface area contributed by atoms with Crippen molar-refractivity contribution in [3.8, 4) is 10.6 Å². The molecule has 4 aromatic carbocycles. The first-order chi connectivity index (χ1) is 25.0. The van der Waals surface area contributed by atoms with Gasteiger partial charge in [0.2, 0.25) is 0 Å². The molecule has 0 bridgehead atoms. The van der Waals surface area contributed by atoms with Gasteiger partial charge < -0.3 is 28.5 Å². The molecule has 1 fully saturated rings. The topological polar surface area (TPSA) is 100 Å². The van der Waals surface area contributed by atoms with Crippen LogP contribution in [0.3, 0.4) is 0 Å². The normalized spacial score (nSPS) is 20.3. The molecule has 10 heteroatoms. The fraction of sp³-hybridized carbons (Fsp3) is 0.220. The van der Waals surface area contributed by atoms with Crippen molar-refractivity contribution in [2.75, 3.05) is 0 Å². The summed E-state index contributed by atoms with van der Waals surface area (Å²) < 4.78 is 31.8. The van der Waals surface area contributed by atoms with Crippen LogP contribution in [-0.4, -0.2) is 40.5 Å². The molecule has 0 aliphatic carbocycles. The fourth-order valence-corrected chi connectivity index (χ4v) is 7.25. The largest absolute Gasteiger partial charge is 0.479 e. The predicted octanol–water partition coefficient (Wildman–Crippen LogP) is 8.93. The molecule has 1 N–H and O–H groups in total. The highest BCUT2D eigenvalue weighted by Crippen LogP contribution is 2.40. The van der Waals surface area contributed by atoms with E-state index in [4.69, 9.17) is 35.0 Å². The van der Waals surface area contributed by atoms with Gasteiger partial charge in [-0.2, -0.15) is 0 Å². The van der Waals surface area contributed by atoms with Gasteiger partial charge >= 0.3 is 5.97 Å². The Morgan fingerprint density at radius 3 is 1.90 bits per heavy atom. The molecule has 0 amide bonds. The summed E-state index contributed by atoms with van der Waals surface area (Å²) in [4.78, 5) is 18.5. The summed E-state index contributed by atoms with van der Waals surface area (Å²) in [7, 11) is 0. The quantitative estimate of drug-likeness (QED) is 0.119. The first kappa shape index (κ1) is 34.8. The number of rotatable bonds is 14. The van der Waals surface area contributed by atoms with Gasteiger partial charge in [0.15, 0.2) is 6.10 Å². The average molecular weight is 722 g/mol. The highest BCUT2D eigenvalue weighted by Gasteiger charge is 2.51. The van der Waals surface area contributed by atoms with Gasteiger partial charge in [0.1, 0.15) is 30.2 Å². The zero-order valence-corrected chi connectivity index (χ0v) is 29.1. The zero-order valence-electron chi connectivity index (χ0n) is 27.5. The van der Waals surface area contributed by atoms with Crippen molar-refractivity contribution in [2.45, 2.75) is 56.8 Å². The van der Waals surface area contributed by atoms with Crippen LogP contribution in [0.15, 0.2) is 138 Å². The van der Waals surface area contributed by atoms with E-state index < -0.39 is 36.5 Å². The van der Waals surface area contributed by atoms with Gasteiger partial charge in [-0.05, 0) is 46.0 Å². The standard InChI is InChI=1S/C41H36ClNO7S/c42-32-19-18-30(21-31(32)22-35-43-23-34(51-35)33-17-10-20-46-33)36-37(47-24-27-11-4-1-5-12-27)38(48-25-28-13-6-2-7-14-28)39(40(50-36)41(44)45)49-26-29-15-8-3-9-16-29/h1-21,23,36-40H,22,24-26H2,(H,44,45)/t36-,37?,38?,39?,40?/m0/s1. The van der Waals surface area contributed by atoms with Crippen LogP contribution in [0, 0.1) is 0 Å². The second-order valence-electron chi connectivity index (χ2n) is 12.2. The van der Waals surface area contributed by atoms with Crippen molar-refractivity contribution in [3.63, 3.8) is 0 Å². The molecule has 6 aromatic rings. The number of halogens is 1. The minimum Gasteiger partial charge on any atom is -0.479 e. The number of thiazole rings is 1. The maximum absolute atomic E-state index is 13.0. The van der Waals surface area contributed by atoms with Crippen LogP contribution >= 0.6 is 22.9 Å². The third kappa shape index (κ3) is 8.65. The van der Waals surface area contributed by atoms with E-state index in [0.29, 0.717) is 17.0 Å². The number of aliphatic carboxylic acids is 1. The van der Waals surface area contributed by atoms with E-state index in [1.54, 1.807) is 18.5 Å². The predicted molar refractivity (Wildman–Crippen MR) is 194 cm³/mol. The number of hydrogen-bond donors (Lipinski definition) is 1. The molecule has 1 aliphatic rings. The summed E-state index contributed by atoms with van der Waals surface area (Å²) >= 11 is 8.29. The summed E-state index contributed by atoms with van der Waals surface area (Å²) in [6, 6.07) is 38.5. The number of furan rings is 1. The van der Waals surface area contributed by atoms with Crippen LogP contribution in [-0.2, 0) is 50.0 Å². The summed E-state index contributed by atoms with van der Waals surface area (Å²) in [5.41, 5.74) is 4.30. The Kier molecular flexibility index (Phi) is 11.3. The summed E-state index contributed by atoms with van der Waals surface area (Å²) in [5, 5.41) is 12.0. The van der Waals surface area contributed by atoms with E-state index in [0.717, 1.165) is 37.9 Å². The van der Waals surface area contributed by atoms with Crippen LogP contribution in [0.2, 0.25) is 5.02 Å². The molecule has 4 unspecified atom stereocenters. The molecule has 51 heavy (non-hydrogen) atoms. The minimum atomic E-state index is -1.36. The van der Waals surface area contributed by atoms with Gasteiger partial charge in [0, 0.05) is 17.6 Å². The monoisotopic (exact) mass is 721 g/mol.